The molecule has 242 valence electrons. The van der Waals surface area contributed by atoms with Crippen molar-refractivity contribution in [1.82, 2.24) is 18.8 Å². The molecule has 1 aromatic heterocycles. The topological polar surface area (TPSA) is 90.8 Å². The number of hydrogen-bond donors (Lipinski definition) is 1. The number of piperidine rings is 1. The number of sulfonamides is 1. The van der Waals surface area contributed by atoms with Gasteiger partial charge < -0.3 is 9.88 Å². The van der Waals surface area contributed by atoms with Gasteiger partial charge in [0.1, 0.15) is 5.82 Å². The minimum Gasteiger partial charge on any atom is -0.329 e. The van der Waals surface area contributed by atoms with E-state index in [-0.39, 0.29) is 11.8 Å². The van der Waals surface area contributed by atoms with Gasteiger partial charge in [-0.25, -0.2) is 18.2 Å². The maximum atomic E-state index is 13.4. The van der Waals surface area contributed by atoms with Gasteiger partial charge in [-0.15, -0.1) is 0 Å². The fraction of sp³-hybridized carbons (Fsp3) is 0.543. The molecule has 0 aliphatic carbocycles. The van der Waals surface area contributed by atoms with Crippen LogP contribution in [0.15, 0.2) is 54.6 Å². The molecule has 0 radical (unpaired) electrons. The summed E-state index contributed by atoms with van der Waals surface area (Å²) in [6.07, 6.45) is 7.80. The molecule has 4 heterocycles. The molecule has 2 atom stereocenters. The van der Waals surface area contributed by atoms with Crippen molar-refractivity contribution in [2.24, 2.45) is 0 Å². The van der Waals surface area contributed by atoms with Gasteiger partial charge in [0.15, 0.2) is 0 Å². The highest BCUT2D eigenvalue weighted by Crippen LogP contribution is 2.42. The van der Waals surface area contributed by atoms with E-state index in [4.69, 9.17) is 4.98 Å². The number of aryl methyl sites for hydroxylation is 2. The van der Waals surface area contributed by atoms with Gasteiger partial charge in [0.05, 0.1) is 18.0 Å². The maximum Gasteiger partial charge on any atom is 0.326 e. The average Bonchev–Trinajstić information content (AvgIpc) is 3.49. The predicted octanol–water partition coefficient (Wildman–Crippen LogP) is 6.28. The lowest BCUT2D eigenvalue weighted by Gasteiger charge is -2.41. The number of amides is 2. The number of aromatic nitrogens is 2. The lowest BCUT2D eigenvalue weighted by atomic mass is 9.96. The molecule has 6 rings (SSSR count). The summed E-state index contributed by atoms with van der Waals surface area (Å²) >= 11 is 0. The van der Waals surface area contributed by atoms with Crippen LogP contribution in [0.4, 0.5) is 16.2 Å². The van der Waals surface area contributed by atoms with E-state index in [0.717, 1.165) is 67.1 Å². The highest BCUT2D eigenvalue weighted by Gasteiger charge is 2.42. The van der Waals surface area contributed by atoms with Gasteiger partial charge in [0.25, 0.3) is 0 Å². The minimum atomic E-state index is -3.24. The van der Waals surface area contributed by atoms with E-state index >= 15 is 0 Å². The van der Waals surface area contributed by atoms with E-state index in [1.165, 1.54) is 18.5 Å². The molecule has 0 spiro atoms. The van der Waals surface area contributed by atoms with Crippen LogP contribution in [0, 0.1) is 13.8 Å². The first-order chi connectivity index (χ1) is 21.7. The molecule has 1 N–H and O–H groups in total. The van der Waals surface area contributed by atoms with Crippen LogP contribution in [-0.2, 0) is 23.0 Å². The third-order valence-electron chi connectivity index (χ3n) is 9.98. The third kappa shape index (κ3) is 6.98. The van der Waals surface area contributed by atoms with Crippen LogP contribution in [0.1, 0.15) is 80.7 Å². The largest absolute Gasteiger partial charge is 0.329 e. The van der Waals surface area contributed by atoms with E-state index in [9.17, 15) is 13.2 Å². The Morgan fingerprint density at radius 3 is 2.38 bits per heavy atom. The molecule has 3 aliphatic heterocycles. The van der Waals surface area contributed by atoms with Gasteiger partial charge in [0, 0.05) is 61.2 Å². The van der Waals surface area contributed by atoms with Crippen molar-refractivity contribution in [2.45, 2.75) is 96.8 Å². The van der Waals surface area contributed by atoms with Crippen LogP contribution in [0.3, 0.4) is 0 Å². The van der Waals surface area contributed by atoms with Gasteiger partial charge in [-0.3, -0.25) is 9.80 Å². The predicted molar refractivity (Wildman–Crippen MR) is 180 cm³/mol. The Morgan fingerprint density at radius 1 is 0.978 bits per heavy atom. The van der Waals surface area contributed by atoms with Crippen molar-refractivity contribution in [3.8, 4) is 0 Å². The van der Waals surface area contributed by atoms with E-state index in [1.54, 1.807) is 4.31 Å². The van der Waals surface area contributed by atoms with Crippen molar-refractivity contribution >= 4 is 27.4 Å². The average molecular weight is 633 g/mol. The molecule has 45 heavy (non-hydrogen) atoms. The first kappa shape index (κ1) is 31.8. The number of nitrogens with zero attached hydrogens (tertiary/aromatic N) is 5. The fourth-order valence-electron chi connectivity index (χ4n) is 7.71. The molecule has 2 bridgehead atoms. The summed E-state index contributed by atoms with van der Waals surface area (Å²) in [7, 11) is -3.24. The number of imidazole rings is 1. The van der Waals surface area contributed by atoms with Gasteiger partial charge in [-0.1, -0.05) is 49.2 Å². The zero-order valence-electron chi connectivity index (χ0n) is 27.0. The molecule has 2 amide bonds. The number of hydrogen-bond acceptors (Lipinski definition) is 5. The molecule has 2 unspecified atom stereocenters. The smallest absolute Gasteiger partial charge is 0.326 e. The molecule has 3 aromatic rings. The Hall–Kier alpha value is -3.21. The van der Waals surface area contributed by atoms with Crippen molar-refractivity contribution in [3.63, 3.8) is 0 Å². The molecular weight excluding hydrogens is 584 g/mol. The molecular formula is C35H48N6O3S. The monoisotopic (exact) mass is 632 g/mol. The Kier molecular flexibility index (Phi) is 9.63. The molecule has 3 aliphatic rings. The molecule has 0 saturated carbocycles. The Balaban J connectivity index is 1.08. The van der Waals surface area contributed by atoms with Crippen LogP contribution in [0.25, 0.3) is 0 Å². The molecule has 10 heteroatoms. The quantitative estimate of drug-likeness (QED) is 0.269. The maximum absolute atomic E-state index is 13.4. The summed E-state index contributed by atoms with van der Waals surface area (Å²) in [6, 6.07) is 19.2. The first-order valence-corrected chi connectivity index (χ1v) is 18.3. The van der Waals surface area contributed by atoms with Gasteiger partial charge in [-0.2, -0.15) is 4.31 Å². The standard InChI is InChI=1S/C35H48N6O3S/c1-4-5-22-45(43,44)38-21-18-34-33(25-38)36-27(3)41(34)32-23-30-16-17-31(24-32)39(30)19-9-20-40(29-10-7-6-8-11-29)35(42)37-28-14-12-26(2)13-15-28/h6-8,10-15,30-32H,4-5,9,16-25H2,1-3H3,(H,37,42). The van der Waals surface area contributed by atoms with E-state index < -0.39 is 10.0 Å². The number of carbonyl (C=O) groups excluding carboxylic acids is 1. The number of carbonyl (C=O) groups is 1. The zero-order chi connectivity index (χ0) is 31.6. The number of rotatable bonds is 11. The third-order valence-corrected chi connectivity index (χ3v) is 11.9. The minimum absolute atomic E-state index is 0.108. The second kappa shape index (κ2) is 13.6. The summed E-state index contributed by atoms with van der Waals surface area (Å²) < 4.78 is 29.9. The number of urea groups is 1. The van der Waals surface area contributed by atoms with Crippen molar-refractivity contribution in [2.75, 3.05) is 35.6 Å². The lowest BCUT2D eigenvalue weighted by Crippen LogP contribution is -2.45. The summed E-state index contributed by atoms with van der Waals surface area (Å²) in [5.74, 6) is 1.24. The van der Waals surface area contributed by atoms with Crippen molar-refractivity contribution in [3.05, 3.63) is 77.4 Å². The summed E-state index contributed by atoms with van der Waals surface area (Å²) in [6.45, 7) is 8.71. The van der Waals surface area contributed by atoms with Gasteiger partial charge in [0.2, 0.25) is 10.0 Å². The normalized spacial score (nSPS) is 21.9. The van der Waals surface area contributed by atoms with Gasteiger partial charge in [-0.05, 0) is 76.6 Å². The van der Waals surface area contributed by atoms with Crippen LogP contribution in [0.5, 0.6) is 0 Å². The number of nitrogens with one attached hydrogen (secondary N) is 1. The number of unbranched alkanes of at least 4 members (excludes halogenated alkanes) is 1. The molecule has 2 aromatic carbocycles. The second-order valence-electron chi connectivity index (χ2n) is 13.1. The molecule has 2 fully saturated rings. The second-order valence-corrected chi connectivity index (χ2v) is 15.1. The number of anilines is 2. The first-order valence-electron chi connectivity index (χ1n) is 16.7. The number of benzene rings is 2. The zero-order valence-corrected chi connectivity index (χ0v) is 27.8. The summed E-state index contributed by atoms with van der Waals surface area (Å²) in [5.41, 5.74) is 5.05. The SMILES string of the molecule is CCCCS(=O)(=O)N1CCc2c(nc(C)n2C2CC3CCC(C2)N3CCCN(C(=O)Nc2ccc(C)cc2)c2ccccc2)C1. The summed E-state index contributed by atoms with van der Waals surface area (Å²) in [5, 5.41) is 3.09. The molecule has 2 saturated heterocycles. The Bertz CT molecular complexity index is 1560. The summed E-state index contributed by atoms with van der Waals surface area (Å²) in [4.78, 5) is 22.9. The van der Waals surface area contributed by atoms with Gasteiger partial charge >= 0.3 is 6.03 Å². The van der Waals surface area contributed by atoms with E-state index in [2.05, 4.69) is 21.7 Å². The highest BCUT2D eigenvalue weighted by molar-refractivity contribution is 7.89. The Morgan fingerprint density at radius 2 is 1.69 bits per heavy atom. The van der Waals surface area contributed by atoms with E-state index in [1.807, 2.05) is 73.3 Å². The number of para-hydroxylation sites is 1. The lowest BCUT2D eigenvalue weighted by molar-refractivity contribution is 0.104. The van der Waals surface area contributed by atoms with Crippen molar-refractivity contribution in [1.29, 1.82) is 0 Å². The van der Waals surface area contributed by atoms with Crippen LogP contribution >= 0.6 is 0 Å². The van der Waals surface area contributed by atoms with Crippen molar-refractivity contribution < 1.29 is 13.2 Å². The van der Waals surface area contributed by atoms with Crippen LogP contribution in [-0.4, -0.2) is 70.7 Å². The fourth-order valence-corrected chi connectivity index (χ4v) is 9.31. The molecule has 9 nitrogen and oxygen atoms in total. The van der Waals surface area contributed by atoms with Crippen LogP contribution in [0.2, 0.25) is 0 Å². The number of fused-ring (bicyclic) bond motifs is 3. The Labute approximate surface area is 268 Å². The van der Waals surface area contributed by atoms with Crippen LogP contribution < -0.4 is 10.2 Å². The van der Waals surface area contributed by atoms with E-state index in [0.29, 0.717) is 44.2 Å². The highest BCUT2D eigenvalue weighted by atomic mass is 32.2.